The molecule has 1 unspecified atom stereocenters. The molecule has 2 rings (SSSR count). The van der Waals surface area contributed by atoms with Gasteiger partial charge >= 0.3 is 0 Å². The van der Waals surface area contributed by atoms with Crippen molar-refractivity contribution in [2.45, 2.75) is 18.9 Å². The Kier molecular flexibility index (Phi) is 2.15. The third kappa shape index (κ3) is 1.85. The van der Waals surface area contributed by atoms with Gasteiger partial charge in [0.05, 0.1) is 5.60 Å². The van der Waals surface area contributed by atoms with E-state index in [-0.39, 0.29) is 0 Å². The van der Waals surface area contributed by atoms with Crippen LogP contribution in [0.3, 0.4) is 0 Å². The van der Waals surface area contributed by atoms with Gasteiger partial charge in [-0.1, -0.05) is 0 Å². The van der Waals surface area contributed by atoms with Crippen LogP contribution in [-0.4, -0.2) is 28.8 Å². The Morgan fingerprint density at radius 3 is 3.00 bits per heavy atom. The number of halogens is 1. The van der Waals surface area contributed by atoms with Crippen LogP contribution in [0.15, 0.2) is 18.3 Å². The molecule has 0 amide bonds. The Morgan fingerprint density at radius 2 is 2.43 bits per heavy atom. The average Bonchev–Trinajstić information content (AvgIpc) is 2.46. The van der Waals surface area contributed by atoms with Crippen molar-refractivity contribution in [2.24, 2.45) is 0 Å². The van der Waals surface area contributed by atoms with E-state index < -0.39 is 11.5 Å². The van der Waals surface area contributed by atoms with E-state index in [9.17, 15) is 9.50 Å². The number of nitrogens with zero attached hydrogens (tertiary/aromatic N) is 2. The highest BCUT2D eigenvalue weighted by atomic mass is 19.1. The Balaban J connectivity index is 2.17. The highest BCUT2D eigenvalue weighted by Crippen LogP contribution is 2.25. The molecule has 1 N–H and O–H groups in total. The van der Waals surface area contributed by atoms with Gasteiger partial charge < -0.3 is 10.0 Å². The highest BCUT2D eigenvalue weighted by Gasteiger charge is 2.31. The molecule has 1 aromatic rings. The SMILES string of the molecule is CC1(O)CCN(c2ccnc(F)c2)C1. The Morgan fingerprint density at radius 1 is 1.64 bits per heavy atom. The van der Waals surface area contributed by atoms with Crippen LogP contribution in [0.4, 0.5) is 10.1 Å². The Bertz CT molecular complexity index is 341. The summed E-state index contributed by atoms with van der Waals surface area (Å²) in [6.45, 7) is 3.11. The van der Waals surface area contributed by atoms with Gasteiger partial charge in [0.1, 0.15) is 0 Å². The maximum Gasteiger partial charge on any atom is 0.214 e. The standard InChI is InChI=1S/C10H13FN2O/c1-10(14)3-5-13(7-10)8-2-4-12-9(11)6-8/h2,4,6,14H,3,5,7H2,1H3. The summed E-state index contributed by atoms with van der Waals surface area (Å²) in [6, 6.07) is 3.14. The topological polar surface area (TPSA) is 36.4 Å². The molecule has 3 nitrogen and oxygen atoms in total. The van der Waals surface area contributed by atoms with E-state index in [1.807, 2.05) is 4.90 Å². The molecule has 4 heteroatoms. The van der Waals surface area contributed by atoms with Gasteiger partial charge in [-0.3, -0.25) is 0 Å². The largest absolute Gasteiger partial charge is 0.388 e. The fourth-order valence-electron chi connectivity index (χ4n) is 1.75. The summed E-state index contributed by atoms with van der Waals surface area (Å²) in [4.78, 5) is 5.45. The zero-order valence-electron chi connectivity index (χ0n) is 8.07. The Hall–Kier alpha value is -1.16. The van der Waals surface area contributed by atoms with Gasteiger partial charge in [0.25, 0.3) is 0 Å². The van der Waals surface area contributed by atoms with Crippen molar-refractivity contribution in [2.75, 3.05) is 18.0 Å². The van der Waals surface area contributed by atoms with Crippen molar-refractivity contribution in [3.63, 3.8) is 0 Å². The van der Waals surface area contributed by atoms with Crippen LogP contribution in [0.1, 0.15) is 13.3 Å². The van der Waals surface area contributed by atoms with Crippen LogP contribution in [0.5, 0.6) is 0 Å². The molecule has 1 aromatic heterocycles. The molecule has 76 valence electrons. The summed E-state index contributed by atoms with van der Waals surface area (Å²) >= 11 is 0. The number of aliphatic hydroxyl groups is 1. The van der Waals surface area contributed by atoms with Gasteiger partial charge in [-0.2, -0.15) is 4.39 Å². The van der Waals surface area contributed by atoms with Crippen molar-refractivity contribution in [1.82, 2.24) is 4.98 Å². The normalized spacial score (nSPS) is 26.9. The summed E-state index contributed by atoms with van der Waals surface area (Å²) in [5, 5.41) is 9.74. The highest BCUT2D eigenvalue weighted by molar-refractivity contribution is 5.46. The molecule has 1 aliphatic heterocycles. The molecule has 1 saturated heterocycles. The van der Waals surface area contributed by atoms with E-state index in [1.165, 1.54) is 12.3 Å². The minimum absolute atomic E-state index is 0.478. The molecule has 1 aliphatic rings. The summed E-state index contributed by atoms with van der Waals surface area (Å²) in [7, 11) is 0. The molecule has 0 aliphatic carbocycles. The monoisotopic (exact) mass is 196 g/mol. The van der Waals surface area contributed by atoms with Gasteiger partial charge in [0.15, 0.2) is 0 Å². The van der Waals surface area contributed by atoms with Crippen molar-refractivity contribution in [1.29, 1.82) is 0 Å². The van der Waals surface area contributed by atoms with Crippen LogP contribution in [0, 0.1) is 5.95 Å². The second-order valence-electron chi connectivity index (χ2n) is 4.01. The van der Waals surface area contributed by atoms with Crippen molar-refractivity contribution < 1.29 is 9.50 Å². The first-order valence-electron chi connectivity index (χ1n) is 4.66. The average molecular weight is 196 g/mol. The van der Waals surface area contributed by atoms with E-state index in [0.717, 1.165) is 18.7 Å². The zero-order chi connectivity index (χ0) is 10.2. The smallest absolute Gasteiger partial charge is 0.214 e. The van der Waals surface area contributed by atoms with Crippen molar-refractivity contribution >= 4 is 5.69 Å². The molecule has 1 fully saturated rings. The minimum atomic E-state index is -0.653. The van der Waals surface area contributed by atoms with Crippen molar-refractivity contribution in [3.05, 3.63) is 24.3 Å². The van der Waals surface area contributed by atoms with E-state index in [4.69, 9.17) is 0 Å². The minimum Gasteiger partial charge on any atom is -0.388 e. The van der Waals surface area contributed by atoms with Crippen LogP contribution in [0.25, 0.3) is 0 Å². The maximum absolute atomic E-state index is 12.8. The number of hydrogen-bond acceptors (Lipinski definition) is 3. The van der Waals surface area contributed by atoms with Crippen LogP contribution in [0.2, 0.25) is 0 Å². The molecule has 0 bridgehead atoms. The number of hydrogen-bond donors (Lipinski definition) is 1. The first-order chi connectivity index (χ1) is 6.57. The van der Waals surface area contributed by atoms with Gasteiger partial charge in [-0.15, -0.1) is 0 Å². The number of aromatic nitrogens is 1. The number of rotatable bonds is 1. The lowest BCUT2D eigenvalue weighted by Gasteiger charge is -2.20. The number of pyridine rings is 1. The van der Waals surface area contributed by atoms with Crippen LogP contribution >= 0.6 is 0 Å². The first kappa shape index (κ1) is 9.40. The number of anilines is 1. The van der Waals surface area contributed by atoms with E-state index >= 15 is 0 Å². The summed E-state index contributed by atoms with van der Waals surface area (Å²) in [5.41, 5.74) is 0.134. The van der Waals surface area contributed by atoms with E-state index in [2.05, 4.69) is 4.98 Å². The second kappa shape index (κ2) is 3.20. The lowest BCUT2D eigenvalue weighted by Crippen LogP contribution is -2.29. The van der Waals surface area contributed by atoms with Gasteiger partial charge in [0, 0.05) is 31.0 Å². The van der Waals surface area contributed by atoms with Gasteiger partial charge in [-0.25, -0.2) is 4.98 Å². The Labute approximate surface area is 82.2 Å². The summed E-state index contributed by atoms with van der Waals surface area (Å²) in [5.74, 6) is -0.478. The lowest BCUT2D eigenvalue weighted by molar-refractivity contribution is 0.0839. The fraction of sp³-hybridized carbons (Fsp3) is 0.500. The van der Waals surface area contributed by atoms with Gasteiger partial charge in [-0.05, 0) is 19.4 Å². The summed E-state index contributed by atoms with van der Waals surface area (Å²) < 4.78 is 12.8. The van der Waals surface area contributed by atoms with Crippen LogP contribution in [-0.2, 0) is 0 Å². The molecule has 0 spiro atoms. The molecule has 0 aromatic carbocycles. The molecule has 0 radical (unpaired) electrons. The predicted octanol–water partition coefficient (Wildman–Crippen LogP) is 1.18. The molecular weight excluding hydrogens is 183 g/mol. The molecule has 1 atom stereocenters. The molecular formula is C10H13FN2O. The third-order valence-electron chi connectivity index (χ3n) is 2.53. The van der Waals surface area contributed by atoms with Gasteiger partial charge in [0.2, 0.25) is 5.95 Å². The maximum atomic E-state index is 12.8. The number of β-amino-alcohol motifs (C(OH)–C–C–N with tert-alkyl or cyclic N) is 1. The zero-order valence-corrected chi connectivity index (χ0v) is 8.07. The fourth-order valence-corrected chi connectivity index (χ4v) is 1.75. The third-order valence-corrected chi connectivity index (χ3v) is 2.53. The lowest BCUT2D eigenvalue weighted by atomic mass is 10.1. The quantitative estimate of drug-likeness (QED) is 0.685. The molecule has 14 heavy (non-hydrogen) atoms. The predicted molar refractivity (Wildman–Crippen MR) is 51.6 cm³/mol. The molecule has 0 saturated carbocycles. The first-order valence-corrected chi connectivity index (χ1v) is 4.66. The van der Waals surface area contributed by atoms with E-state index in [0.29, 0.717) is 6.54 Å². The summed E-state index contributed by atoms with van der Waals surface area (Å²) in [6.07, 6.45) is 2.16. The van der Waals surface area contributed by atoms with Crippen molar-refractivity contribution in [3.8, 4) is 0 Å². The van der Waals surface area contributed by atoms with E-state index in [1.54, 1.807) is 13.0 Å². The molecule has 2 heterocycles. The van der Waals surface area contributed by atoms with Crippen LogP contribution < -0.4 is 4.90 Å². The second-order valence-corrected chi connectivity index (χ2v) is 4.01.